The minimum atomic E-state index is -0.251. The smallest absolute Gasteiger partial charge is 0.410 e. The Morgan fingerprint density at radius 3 is 2.69 bits per heavy atom. The molecule has 1 heterocycles. The molecule has 0 spiro atoms. The van der Waals surface area contributed by atoms with Crippen molar-refractivity contribution < 1.29 is 9.53 Å². The second-order valence-corrected chi connectivity index (χ2v) is 3.71. The molecule has 0 radical (unpaired) electrons. The zero-order chi connectivity index (χ0) is 9.84. The third kappa shape index (κ3) is 2.88. The normalized spacial score (nSPS) is 24.1. The van der Waals surface area contributed by atoms with Crippen molar-refractivity contribution in [1.29, 1.82) is 0 Å². The number of likely N-dealkylation sites (tertiary alicyclic amines) is 1. The Hall–Kier alpha value is -0.770. The van der Waals surface area contributed by atoms with E-state index in [4.69, 9.17) is 4.74 Å². The molecule has 0 aromatic rings. The summed E-state index contributed by atoms with van der Waals surface area (Å²) >= 11 is 0. The van der Waals surface area contributed by atoms with Gasteiger partial charge in [0, 0.05) is 20.6 Å². The van der Waals surface area contributed by atoms with Gasteiger partial charge in [0.2, 0.25) is 0 Å². The predicted molar refractivity (Wildman–Crippen MR) is 50.4 cm³/mol. The summed E-state index contributed by atoms with van der Waals surface area (Å²) in [5.41, 5.74) is 0. The second kappa shape index (κ2) is 4.46. The quantitative estimate of drug-likeness (QED) is 0.615. The van der Waals surface area contributed by atoms with E-state index in [0.29, 0.717) is 0 Å². The molecule has 0 aromatic carbocycles. The number of carbonyl (C=O) groups is 1. The summed E-state index contributed by atoms with van der Waals surface area (Å²) in [6, 6.07) is 0. The number of nitrogens with zero attached hydrogens (tertiary/aromatic N) is 2. The SMILES string of the molecule is CN(C)C(=O)OC1CCCCN1C. The van der Waals surface area contributed by atoms with Gasteiger partial charge in [-0.1, -0.05) is 0 Å². The van der Waals surface area contributed by atoms with Gasteiger partial charge in [0.15, 0.2) is 6.23 Å². The molecule has 0 saturated carbocycles. The summed E-state index contributed by atoms with van der Waals surface area (Å²) in [4.78, 5) is 14.8. The van der Waals surface area contributed by atoms with Crippen LogP contribution in [0.25, 0.3) is 0 Å². The van der Waals surface area contributed by atoms with Gasteiger partial charge in [-0.3, -0.25) is 4.90 Å². The van der Waals surface area contributed by atoms with Crippen LogP contribution in [0.3, 0.4) is 0 Å². The van der Waals surface area contributed by atoms with Crippen LogP contribution in [0.4, 0.5) is 4.79 Å². The summed E-state index contributed by atoms with van der Waals surface area (Å²) in [5.74, 6) is 0. The van der Waals surface area contributed by atoms with E-state index in [1.54, 1.807) is 14.1 Å². The maximum atomic E-state index is 11.2. The molecule has 1 aliphatic heterocycles. The van der Waals surface area contributed by atoms with Gasteiger partial charge in [-0.2, -0.15) is 0 Å². The fourth-order valence-electron chi connectivity index (χ4n) is 1.42. The highest BCUT2D eigenvalue weighted by Gasteiger charge is 2.22. The number of amides is 1. The fourth-order valence-corrected chi connectivity index (χ4v) is 1.42. The van der Waals surface area contributed by atoms with Crippen LogP contribution in [-0.2, 0) is 4.74 Å². The predicted octanol–water partition coefficient (Wildman–Crippen LogP) is 1.13. The van der Waals surface area contributed by atoms with E-state index in [-0.39, 0.29) is 12.3 Å². The average molecular weight is 186 g/mol. The van der Waals surface area contributed by atoms with Crippen LogP contribution in [0.5, 0.6) is 0 Å². The molecule has 1 unspecified atom stereocenters. The van der Waals surface area contributed by atoms with Crippen molar-refractivity contribution in [2.24, 2.45) is 0 Å². The van der Waals surface area contributed by atoms with E-state index in [9.17, 15) is 4.79 Å². The number of rotatable bonds is 1. The number of carbonyl (C=O) groups excluding carboxylic acids is 1. The Labute approximate surface area is 79.4 Å². The lowest BCUT2D eigenvalue weighted by atomic mass is 10.1. The lowest BCUT2D eigenvalue weighted by molar-refractivity contribution is -0.0316. The van der Waals surface area contributed by atoms with Crippen molar-refractivity contribution in [3.63, 3.8) is 0 Å². The third-order valence-corrected chi connectivity index (χ3v) is 2.31. The van der Waals surface area contributed by atoms with Crippen LogP contribution in [0, 0.1) is 0 Å². The highest BCUT2D eigenvalue weighted by Crippen LogP contribution is 2.16. The van der Waals surface area contributed by atoms with Crippen molar-refractivity contribution in [2.45, 2.75) is 25.5 Å². The van der Waals surface area contributed by atoms with E-state index in [2.05, 4.69) is 4.90 Å². The van der Waals surface area contributed by atoms with Crippen molar-refractivity contribution in [1.82, 2.24) is 9.80 Å². The molecule has 4 nitrogen and oxygen atoms in total. The van der Waals surface area contributed by atoms with Crippen molar-refractivity contribution in [3.05, 3.63) is 0 Å². The third-order valence-electron chi connectivity index (χ3n) is 2.31. The summed E-state index contributed by atoms with van der Waals surface area (Å²) < 4.78 is 5.28. The van der Waals surface area contributed by atoms with Gasteiger partial charge in [0.1, 0.15) is 0 Å². The van der Waals surface area contributed by atoms with Gasteiger partial charge in [-0.25, -0.2) is 4.79 Å². The second-order valence-electron chi connectivity index (χ2n) is 3.71. The Bertz CT molecular complexity index is 182. The van der Waals surface area contributed by atoms with Gasteiger partial charge < -0.3 is 9.64 Å². The molecule has 13 heavy (non-hydrogen) atoms. The Morgan fingerprint density at radius 1 is 1.46 bits per heavy atom. The zero-order valence-electron chi connectivity index (χ0n) is 8.62. The summed E-state index contributed by atoms with van der Waals surface area (Å²) in [6.45, 7) is 1.02. The standard InChI is InChI=1S/C9H18N2O2/c1-10(2)9(12)13-8-6-4-5-7-11(8)3/h8H,4-7H2,1-3H3. The van der Waals surface area contributed by atoms with Gasteiger partial charge in [0.05, 0.1) is 0 Å². The first-order chi connectivity index (χ1) is 6.11. The molecule has 0 N–H and O–H groups in total. The molecular formula is C9H18N2O2. The number of hydrogen-bond acceptors (Lipinski definition) is 3. The largest absolute Gasteiger partial charge is 0.430 e. The Kier molecular flexibility index (Phi) is 3.54. The maximum Gasteiger partial charge on any atom is 0.410 e. The van der Waals surface area contributed by atoms with E-state index in [1.807, 2.05) is 7.05 Å². The molecule has 0 bridgehead atoms. The van der Waals surface area contributed by atoms with Crippen LogP contribution in [-0.4, -0.2) is 49.8 Å². The van der Waals surface area contributed by atoms with Gasteiger partial charge >= 0.3 is 6.09 Å². The molecule has 76 valence electrons. The van der Waals surface area contributed by atoms with Gasteiger partial charge in [0.25, 0.3) is 0 Å². The first-order valence-corrected chi connectivity index (χ1v) is 4.69. The first kappa shape index (κ1) is 10.3. The van der Waals surface area contributed by atoms with Gasteiger partial charge in [-0.05, 0) is 26.3 Å². The van der Waals surface area contributed by atoms with E-state index < -0.39 is 0 Å². The lowest BCUT2D eigenvalue weighted by Gasteiger charge is -2.32. The molecule has 4 heteroatoms. The van der Waals surface area contributed by atoms with E-state index in [1.165, 1.54) is 11.3 Å². The van der Waals surface area contributed by atoms with Crippen LogP contribution in [0.1, 0.15) is 19.3 Å². The van der Waals surface area contributed by atoms with Crippen molar-refractivity contribution in [3.8, 4) is 0 Å². The van der Waals surface area contributed by atoms with Gasteiger partial charge in [-0.15, -0.1) is 0 Å². The molecule has 1 saturated heterocycles. The van der Waals surface area contributed by atoms with Crippen molar-refractivity contribution >= 4 is 6.09 Å². The molecule has 1 fully saturated rings. The average Bonchev–Trinajstić information content (AvgIpc) is 2.08. The molecular weight excluding hydrogens is 168 g/mol. The van der Waals surface area contributed by atoms with Crippen LogP contribution >= 0.6 is 0 Å². The molecule has 1 rings (SSSR count). The fraction of sp³-hybridized carbons (Fsp3) is 0.889. The minimum absolute atomic E-state index is 0.0244. The summed E-state index contributed by atoms with van der Waals surface area (Å²) in [5, 5.41) is 0. The van der Waals surface area contributed by atoms with Crippen LogP contribution in [0.2, 0.25) is 0 Å². The zero-order valence-corrected chi connectivity index (χ0v) is 8.62. The first-order valence-electron chi connectivity index (χ1n) is 4.69. The highest BCUT2D eigenvalue weighted by molar-refractivity contribution is 5.66. The topological polar surface area (TPSA) is 32.8 Å². The molecule has 1 amide bonds. The summed E-state index contributed by atoms with van der Waals surface area (Å²) in [7, 11) is 5.39. The lowest BCUT2D eigenvalue weighted by Crippen LogP contribution is -2.41. The maximum absolute atomic E-state index is 11.2. The Morgan fingerprint density at radius 2 is 2.15 bits per heavy atom. The summed E-state index contributed by atoms with van der Waals surface area (Å²) in [6.07, 6.45) is 3.03. The van der Waals surface area contributed by atoms with Crippen LogP contribution in [0.15, 0.2) is 0 Å². The highest BCUT2D eigenvalue weighted by atomic mass is 16.6. The molecule has 1 atom stereocenters. The van der Waals surface area contributed by atoms with Crippen LogP contribution < -0.4 is 0 Å². The van der Waals surface area contributed by atoms with E-state index >= 15 is 0 Å². The molecule has 0 aromatic heterocycles. The Balaban J connectivity index is 2.38. The minimum Gasteiger partial charge on any atom is -0.430 e. The molecule has 0 aliphatic carbocycles. The number of piperidine rings is 1. The van der Waals surface area contributed by atoms with E-state index in [0.717, 1.165) is 19.4 Å². The monoisotopic (exact) mass is 186 g/mol. The number of hydrogen-bond donors (Lipinski definition) is 0. The number of ether oxygens (including phenoxy) is 1. The molecule has 1 aliphatic rings. The van der Waals surface area contributed by atoms with Crippen molar-refractivity contribution in [2.75, 3.05) is 27.7 Å².